The minimum absolute atomic E-state index is 0.565. The van der Waals surface area contributed by atoms with E-state index >= 15 is 0 Å². The summed E-state index contributed by atoms with van der Waals surface area (Å²) in [6, 6.07) is 42.8. The first-order chi connectivity index (χ1) is 20.7. The van der Waals surface area contributed by atoms with Crippen LogP contribution < -0.4 is 0 Å². The van der Waals surface area contributed by atoms with E-state index in [4.69, 9.17) is 17.6 Å². The molecule has 0 aliphatic rings. The zero-order valence-electron chi connectivity index (χ0n) is 22.4. The van der Waals surface area contributed by atoms with Crippen LogP contribution in [0, 0.1) is 13.1 Å². The Kier molecular flexibility index (Phi) is 5.22. The van der Waals surface area contributed by atoms with E-state index < -0.39 is 0 Å². The number of nitrogens with zero attached hydrogens (tertiary/aromatic N) is 3. The van der Waals surface area contributed by atoms with Crippen molar-refractivity contribution in [3.63, 3.8) is 0 Å². The minimum Gasteiger partial charge on any atom is -0.456 e. The number of furan rings is 1. The lowest BCUT2D eigenvalue weighted by atomic mass is 9.92. The Hall–Kier alpha value is -6.10. The molecule has 0 bridgehead atoms. The van der Waals surface area contributed by atoms with Crippen LogP contribution in [0.5, 0.6) is 0 Å². The standard InChI is InChI=1S/C38H21N3O/c1-39-25-19-20-35-31(23-25)28-12-5-7-16-34(28)41(35)38-30(14-9-15-33(38)40-2)27-11-4-3-10-26(27)24-18-21-37-32(22-24)29-13-6-8-17-36(29)42-37/h3-23H. The maximum absolute atomic E-state index is 8.15. The molecule has 0 spiro atoms. The fourth-order valence-electron chi connectivity index (χ4n) is 6.21. The van der Waals surface area contributed by atoms with Gasteiger partial charge < -0.3 is 8.98 Å². The third-order valence-corrected chi connectivity index (χ3v) is 8.05. The first kappa shape index (κ1) is 23.8. The topological polar surface area (TPSA) is 26.8 Å². The van der Waals surface area contributed by atoms with Crippen molar-refractivity contribution < 1.29 is 4.42 Å². The second kappa shape index (κ2) is 9.24. The molecule has 42 heavy (non-hydrogen) atoms. The van der Waals surface area contributed by atoms with E-state index in [1.54, 1.807) is 0 Å². The molecule has 0 atom stereocenters. The van der Waals surface area contributed by atoms with Gasteiger partial charge >= 0.3 is 0 Å². The van der Waals surface area contributed by atoms with Gasteiger partial charge in [-0.3, -0.25) is 0 Å². The van der Waals surface area contributed by atoms with Gasteiger partial charge in [0.15, 0.2) is 5.69 Å². The van der Waals surface area contributed by atoms with E-state index in [0.717, 1.165) is 71.7 Å². The molecule has 0 aliphatic heterocycles. The molecule has 0 saturated carbocycles. The van der Waals surface area contributed by atoms with Gasteiger partial charge in [0.25, 0.3) is 0 Å². The first-order valence-electron chi connectivity index (χ1n) is 13.7. The van der Waals surface area contributed by atoms with E-state index in [0.29, 0.717) is 11.4 Å². The number of benzene rings is 6. The van der Waals surface area contributed by atoms with E-state index in [1.807, 2.05) is 72.8 Å². The number of aromatic nitrogens is 1. The van der Waals surface area contributed by atoms with E-state index in [9.17, 15) is 0 Å². The van der Waals surface area contributed by atoms with Crippen LogP contribution in [0.4, 0.5) is 11.4 Å². The largest absolute Gasteiger partial charge is 0.456 e. The number of para-hydroxylation sites is 3. The number of rotatable bonds is 3. The van der Waals surface area contributed by atoms with E-state index in [2.05, 4.69) is 68.9 Å². The van der Waals surface area contributed by atoms with Crippen molar-refractivity contribution in [1.82, 2.24) is 4.57 Å². The smallest absolute Gasteiger partial charge is 0.211 e. The lowest BCUT2D eigenvalue weighted by Crippen LogP contribution is -1.98. The van der Waals surface area contributed by atoms with Crippen LogP contribution in [-0.2, 0) is 0 Å². The van der Waals surface area contributed by atoms with Crippen molar-refractivity contribution in [1.29, 1.82) is 0 Å². The summed E-state index contributed by atoms with van der Waals surface area (Å²) in [5.41, 5.74) is 9.83. The molecule has 0 radical (unpaired) electrons. The Balaban J connectivity index is 1.43. The quantitative estimate of drug-likeness (QED) is 0.207. The maximum Gasteiger partial charge on any atom is 0.211 e. The third kappa shape index (κ3) is 3.47. The Labute approximate surface area is 241 Å². The molecule has 0 fully saturated rings. The lowest BCUT2D eigenvalue weighted by molar-refractivity contribution is 0.669. The zero-order valence-corrected chi connectivity index (χ0v) is 22.4. The maximum atomic E-state index is 8.15. The summed E-state index contributed by atoms with van der Waals surface area (Å²) in [6.07, 6.45) is 0. The highest BCUT2D eigenvalue weighted by Gasteiger charge is 2.21. The first-order valence-corrected chi connectivity index (χ1v) is 13.7. The molecule has 0 aliphatic carbocycles. The van der Waals surface area contributed by atoms with Crippen LogP contribution in [0.3, 0.4) is 0 Å². The molecule has 0 amide bonds. The van der Waals surface area contributed by atoms with Crippen LogP contribution in [-0.4, -0.2) is 4.57 Å². The minimum atomic E-state index is 0.565. The summed E-state index contributed by atoms with van der Waals surface area (Å²) < 4.78 is 8.28. The average Bonchev–Trinajstić information content (AvgIpc) is 3.59. The fourth-order valence-corrected chi connectivity index (χ4v) is 6.21. The molecule has 2 aromatic heterocycles. The van der Waals surface area contributed by atoms with Crippen molar-refractivity contribution in [3.05, 3.63) is 150 Å². The summed E-state index contributed by atoms with van der Waals surface area (Å²) in [7, 11) is 0. The molecule has 2 heterocycles. The summed E-state index contributed by atoms with van der Waals surface area (Å²) in [4.78, 5) is 7.67. The molecular weight excluding hydrogens is 514 g/mol. The summed E-state index contributed by atoms with van der Waals surface area (Å²) in [6.45, 7) is 15.7. The van der Waals surface area contributed by atoms with Crippen LogP contribution in [0.2, 0.25) is 0 Å². The molecule has 0 unspecified atom stereocenters. The predicted octanol–water partition coefficient (Wildman–Crippen LogP) is 11.1. The third-order valence-electron chi connectivity index (χ3n) is 8.05. The molecule has 8 aromatic rings. The van der Waals surface area contributed by atoms with Gasteiger partial charge in [-0.2, -0.15) is 0 Å². The van der Waals surface area contributed by atoms with Crippen LogP contribution in [0.25, 0.3) is 81.4 Å². The lowest BCUT2D eigenvalue weighted by Gasteiger charge is -2.18. The van der Waals surface area contributed by atoms with Crippen molar-refractivity contribution in [2.45, 2.75) is 0 Å². The Morgan fingerprint density at radius 2 is 1.21 bits per heavy atom. The highest BCUT2D eigenvalue weighted by molar-refractivity contribution is 6.12. The highest BCUT2D eigenvalue weighted by atomic mass is 16.3. The fraction of sp³-hybridized carbons (Fsp3) is 0. The normalized spacial score (nSPS) is 11.3. The zero-order chi connectivity index (χ0) is 28.2. The van der Waals surface area contributed by atoms with Crippen molar-refractivity contribution in [2.75, 3.05) is 0 Å². The van der Waals surface area contributed by atoms with Gasteiger partial charge in [0.1, 0.15) is 11.2 Å². The van der Waals surface area contributed by atoms with Crippen molar-refractivity contribution in [2.24, 2.45) is 0 Å². The van der Waals surface area contributed by atoms with E-state index in [1.165, 1.54) is 0 Å². The average molecular weight is 536 g/mol. The Morgan fingerprint density at radius 3 is 2.07 bits per heavy atom. The molecule has 6 aromatic carbocycles. The van der Waals surface area contributed by atoms with Gasteiger partial charge in [-0.25, -0.2) is 9.69 Å². The number of hydrogen-bond acceptors (Lipinski definition) is 1. The van der Waals surface area contributed by atoms with Crippen LogP contribution in [0.1, 0.15) is 0 Å². The molecular formula is C38H21N3O. The second-order valence-corrected chi connectivity index (χ2v) is 10.3. The predicted molar refractivity (Wildman–Crippen MR) is 171 cm³/mol. The molecule has 0 saturated heterocycles. The highest BCUT2D eigenvalue weighted by Crippen LogP contribution is 2.44. The molecule has 194 valence electrons. The molecule has 4 heteroatoms. The SMILES string of the molecule is [C-]#[N+]c1ccc2c(c1)c1ccccc1n2-c1c([N+]#[C-])cccc1-c1ccccc1-c1ccc2oc3ccccc3c2c1. The number of fused-ring (bicyclic) bond motifs is 6. The monoisotopic (exact) mass is 535 g/mol. The Morgan fingerprint density at radius 1 is 0.500 bits per heavy atom. The van der Waals surface area contributed by atoms with E-state index in [-0.39, 0.29) is 0 Å². The molecule has 4 nitrogen and oxygen atoms in total. The van der Waals surface area contributed by atoms with Crippen LogP contribution in [0.15, 0.2) is 132 Å². The van der Waals surface area contributed by atoms with Crippen molar-refractivity contribution in [3.8, 4) is 27.9 Å². The summed E-state index contributed by atoms with van der Waals surface area (Å²) in [5.74, 6) is 0. The number of hydrogen-bond donors (Lipinski definition) is 0. The summed E-state index contributed by atoms with van der Waals surface area (Å²) in [5, 5.41) is 4.21. The van der Waals surface area contributed by atoms with Gasteiger partial charge in [-0.05, 0) is 64.0 Å². The van der Waals surface area contributed by atoms with Gasteiger partial charge in [0, 0.05) is 16.2 Å². The van der Waals surface area contributed by atoms with Gasteiger partial charge in [0.05, 0.1) is 29.9 Å². The van der Waals surface area contributed by atoms with Gasteiger partial charge in [-0.1, -0.05) is 91.0 Å². The van der Waals surface area contributed by atoms with Crippen molar-refractivity contribution >= 4 is 55.1 Å². The van der Waals surface area contributed by atoms with Crippen LogP contribution >= 0.6 is 0 Å². The Bertz CT molecular complexity index is 2450. The molecule has 8 rings (SSSR count). The summed E-state index contributed by atoms with van der Waals surface area (Å²) >= 11 is 0. The second-order valence-electron chi connectivity index (χ2n) is 10.3. The van der Waals surface area contributed by atoms with Gasteiger partial charge in [-0.15, -0.1) is 0 Å². The molecule has 0 N–H and O–H groups in total. The van der Waals surface area contributed by atoms with Gasteiger partial charge in [0.2, 0.25) is 5.69 Å².